The lowest BCUT2D eigenvalue weighted by Crippen LogP contribution is -2.22. The molecule has 0 aliphatic heterocycles. The quantitative estimate of drug-likeness (QED) is 0.165. The number of thiocarbonyl (C=S) groups is 1. The van der Waals surface area contributed by atoms with Crippen LogP contribution in [0, 0.1) is 6.92 Å². The van der Waals surface area contributed by atoms with E-state index in [9.17, 15) is 4.79 Å². The van der Waals surface area contributed by atoms with Gasteiger partial charge in [0.15, 0.2) is 10.2 Å². The summed E-state index contributed by atoms with van der Waals surface area (Å²) >= 11 is 8.30. The summed E-state index contributed by atoms with van der Waals surface area (Å²) in [4.78, 5) is 18.4. The van der Waals surface area contributed by atoms with Crippen molar-refractivity contribution in [3.05, 3.63) is 83.7 Å². The second-order valence-corrected chi connectivity index (χ2v) is 10.6. The number of hydrogen-bond acceptors (Lipinski definition) is 6. The van der Waals surface area contributed by atoms with Gasteiger partial charge in [-0.25, -0.2) is 4.98 Å². The molecule has 3 N–H and O–H groups in total. The molecule has 6 nitrogen and oxygen atoms in total. The van der Waals surface area contributed by atoms with E-state index in [0.29, 0.717) is 10.2 Å². The first-order valence-corrected chi connectivity index (χ1v) is 13.4. The fraction of sp³-hybridized carbons (Fsp3) is 0.148. The summed E-state index contributed by atoms with van der Waals surface area (Å²) in [6, 6.07) is 23.5. The molecule has 1 amide bonds. The fourth-order valence-electron chi connectivity index (χ4n) is 3.35. The molecule has 3 aromatic carbocycles. The fourth-order valence-corrected chi connectivity index (χ4v) is 5.23. The molecule has 0 fully saturated rings. The summed E-state index contributed by atoms with van der Waals surface area (Å²) in [6.07, 6.45) is 0. The second kappa shape index (κ2) is 12.0. The molecule has 0 spiro atoms. The van der Waals surface area contributed by atoms with Crippen LogP contribution in [-0.2, 0) is 4.79 Å². The Morgan fingerprint density at radius 1 is 1.00 bits per heavy atom. The molecular weight excluding hydrogens is 509 g/mol. The van der Waals surface area contributed by atoms with Gasteiger partial charge in [0.1, 0.15) is 5.75 Å². The number of carbonyl (C=O) groups excluding carboxylic acids is 1. The minimum absolute atomic E-state index is 0.115. The van der Waals surface area contributed by atoms with Gasteiger partial charge in [0.2, 0.25) is 5.91 Å². The van der Waals surface area contributed by atoms with E-state index in [0.717, 1.165) is 33.3 Å². The largest absolute Gasteiger partial charge is 0.496 e. The maximum Gasteiger partial charge on any atom is 0.239 e. The van der Waals surface area contributed by atoms with Crippen LogP contribution in [0.15, 0.2) is 83.1 Å². The highest BCUT2D eigenvalue weighted by molar-refractivity contribution is 8.00. The summed E-state index contributed by atoms with van der Waals surface area (Å²) in [5.74, 6) is 0.627. The van der Waals surface area contributed by atoms with Gasteiger partial charge < -0.3 is 20.7 Å². The predicted octanol–water partition coefficient (Wildman–Crippen LogP) is 7.06. The van der Waals surface area contributed by atoms with Crippen LogP contribution in [0.5, 0.6) is 5.75 Å². The van der Waals surface area contributed by atoms with E-state index < -0.39 is 0 Å². The normalized spacial score (nSPS) is 11.4. The van der Waals surface area contributed by atoms with Gasteiger partial charge in [0, 0.05) is 27.2 Å². The number of anilines is 3. The molecule has 4 aromatic rings. The Morgan fingerprint density at radius 2 is 1.75 bits per heavy atom. The van der Waals surface area contributed by atoms with Crippen LogP contribution in [0.4, 0.5) is 16.5 Å². The number of thioether (sulfide) groups is 1. The molecule has 0 aliphatic rings. The molecule has 0 saturated carbocycles. The van der Waals surface area contributed by atoms with Crippen LogP contribution in [0.3, 0.4) is 0 Å². The first-order chi connectivity index (χ1) is 17.4. The monoisotopic (exact) mass is 534 g/mol. The molecule has 184 valence electrons. The Morgan fingerprint density at radius 3 is 2.53 bits per heavy atom. The maximum atomic E-state index is 12.8. The number of aryl methyl sites for hydroxylation is 1. The average Bonchev–Trinajstić information content (AvgIpc) is 3.33. The zero-order chi connectivity index (χ0) is 25.5. The Bertz CT molecular complexity index is 1360. The molecule has 1 atom stereocenters. The lowest BCUT2D eigenvalue weighted by atomic mass is 10.1. The van der Waals surface area contributed by atoms with Crippen LogP contribution >= 0.6 is 35.3 Å². The number of benzene rings is 3. The van der Waals surface area contributed by atoms with Crippen molar-refractivity contribution in [2.75, 3.05) is 23.1 Å². The molecule has 0 radical (unpaired) electrons. The van der Waals surface area contributed by atoms with E-state index in [4.69, 9.17) is 17.0 Å². The summed E-state index contributed by atoms with van der Waals surface area (Å²) in [5, 5.41) is 12.0. The predicted molar refractivity (Wildman–Crippen MR) is 156 cm³/mol. The van der Waals surface area contributed by atoms with E-state index in [1.165, 1.54) is 28.7 Å². The van der Waals surface area contributed by atoms with Crippen LogP contribution < -0.4 is 20.7 Å². The number of rotatable bonds is 8. The maximum absolute atomic E-state index is 12.8. The molecule has 0 saturated heterocycles. The van der Waals surface area contributed by atoms with E-state index in [1.54, 1.807) is 7.11 Å². The zero-order valence-electron chi connectivity index (χ0n) is 20.1. The molecule has 9 heteroatoms. The van der Waals surface area contributed by atoms with E-state index in [-0.39, 0.29) is 11.2 Å². The van der Waals surface area contributed by atoms with Crippen molar-refractivity contribution in [1.82, 2.24) is 4.98 Å². The minimum atomic E-state index is -0.323. The van der Waals surface area contributed by atoms with E-state index in [1.807, 2.05) is 92.0 Å². The highest BCUT2D eigenvalue weighted by atomic mass is 32.2. The molecule has 1 unspecified atom stereocenters. The first-order valence-electron chi connectivity index (χ1n) is 11.2. The Hall–Kier alpha value is -3.40. The van der Waals surface area contributed by atoms with Crippen LogP contribution in [0.1, 0.15) is 12.5 Å². The third kappa shape index (κ3) is 6.84. The molecule has 0 bridgehead atoms. The zero-order valence-corrected chi connectivity index (χ0v) is 22.5. The van der Waals surface area contributed by atoms with Gasteiger partial charge in [-0.1, -0.05) is 35.9 Å². The van der Waals surface area contributed by atoms with E-state index >= 15 is 0 Å². The Kier molecular flexibility index (Phi) is 8.58. The van der Waals surface area contributed by atoms with Crippen LogP contribution in [0.25, 0.3) is 11.3 Å². The van der Waals surface area contributed by atoms with Gasteiger partial charge in [-0.15, -0.1) is 23.1 Å². The van der Waals surface area contributed by atoms with Crippen molar-refractivity contribution in [3.8, 4) is 17.0 Å². The molecular formula is C27H26N4O2S3. The first kappa shape index (κ1) is 25.7. The summed E-state index contributed by atoms with van der Waals surface area (Å²) < 4.78 is 5.42. The van der Waals surface area contributed by atoms with Crippen LogP contribution in [0.2, 0.25) is 0 Å². The SMILES string of the molecule is COc1ccccc1-c1csc(NC(=O)C(C)Sc2cccc(NC(=S)Nc3ccc(C)cc3)c2)n1. The third-order valence-corrected chi connectivity index (χ3v) is 7.26. The van der Waals surface area contributed by atoms with Crippen molar-refractivity contribution in [2.24, 2.45) is 0 Å². The average molecular weight is 535 g/mol. The number of aromatic nitrogens is 1. The van der Waals surface area contributed by atoms with Crippen molar-refractivity contribution in [2.45, 2.75) is 24.0 Å². The number of nitrogens with zero attached hydrogens (tertiary/aromatic N) is 1. The lowest BCUT2D eigenvalue weighted by Gasteiger charge is -2.13. The smallest absolute Gasteiger partial charge is 0.239 e. The van der Waals surface area contributed by atoms with Gasteiger partial charge in [-0.3, -0.25) is 4.79 Å². The Labute approximate surface area is 224 Å². The van der Waals surface area contributed by atoms with Crippen molar-refractivity contribution >= 4 is 62.8 Å². The highest BCUT2D eigenvalue weighted by Gasteiger charge is 2.17. The van der Waals surface area contributed by atoms with E-state index in [2.05, 4.69) is 20.9 Å². The molecule has 1 heterocycles. The number of amides is 1. The number of ether oxygens (including phenoxy) is 1. The van der Waals surface area contributed by atoms with Crippen molar-refractivity contribution < 1.29 is 9.53 Å². The molecule has 36 heavy (non-hydrogen) atoms. The number of carbonyl (C=O) groups is 1. The number of para-hydroxylation sites is 1. The van der Waals surface area contributed by atoms with Gasteiger partial charge in [0.05, 0.1) is 18.1 Å². The van der Waals surface area contributed by atoms with Crippen molar-refractivity contribution in [1.29, 1.82) is 0 Å². The molecule has 4 rings (SSSR count). The number of thiazole rings is 1. The number of nitrogens with one attached hydrogen (secondary N) is 3. The van der Waals surface area contributed by atoms with Crippen molar-refractivity contribution in [3.63, 3.8) is 0 Å². The minimum Gasteiger partial charge on any atom is -0.496 e. The lowest BCUT2D eigenvalue weighted by molar-refractivity contribution is -0.115. The topological polar surface area (TPSA) is 75.3 Å². The third-order valence-electron chi connectivity index (χ3n) is 5.20. The molecule has 0 aliphatic carbocycles. The van der Waals surface area contributed by atoms with Crippen LogP contribution in [-0.4, -0.2) is 28.4 Å². The van der Waals surface area contributed by atoms with Gasteiger partial charge in [-0.05, 0) is 68.5 Å². The highest BCUT2D eigenvalue weighted by Crippen LogP contribution is 2.32. The van der Waals surface area contributed by atoms with Gasteiger partial charge in [0.25, 0.3) is 0 Å². The Balaban J connectivity index is 1.34. The van der Waals surface area contributed by atoms with Gasteiger partial charge in [-0.2, -0.15) is 0 Å². The summed E-state index contributed by atoms with van der Waals surface area (Å²) in [6.45, 7) is 3.92. The summed E-state index contributed by atoms with van der Waals surface area (Å²) in [5.41, 5.74) is 4.61. The summed E-state index contributed by atoms with van der Waals surface area (Å²) in [7, 11) is 1.63. The standard InChI is InChI=1S/C27H26N4O2S3/c1-17-11-13-19(14-12-17)28-26(34)29-20-7-6-8-21(15-20)36-18(2)25(32)31-27-30-23(16-35-27)22-9-4-5-10-24(22)33-3/h4-16,18H,1-3H3,(H2,28,29,34)(H,30,31,32). The number of hydrogen-bond donors (Lipinski definition) is 3. The number of methoxy groups -OCH3 is 1. The van der Waals surface area contributed by atoms with Gasteiger partial charge >= 0.3 is 0 Å². The molecule has 1 aromatic heterocycles. The second-order valence-electron chi connectivity index (χ2n) is 7.96.